The molecule has 2 aromatic carbocycles. The highest BCUT2D eigenvalue weighted by Crippen LogP contribution is 2.36. The molecular weight excluding hydrogens is 318 g/mol. The first-order valence-corrected chi connectivity index (χ1v) is 9.37. The third-order valence-corrected chi connectivity index (χ3v) is 5.80. The molecule has 0 radical (unpaired) electrons. The van der Waals surface area contributed by atoms with Gasteiger partial charge in [0.05, 0.1) is 5.52 Å². The summed E-state index contributed by atoms with van der Waals surface area (Å²) in [6.07, 6.45) is 8.99. The minimum Gasteiger partial charge on any atom is -0.347 e. The molecule has 3 aromatic heterocycles. The summed E-state index contributed by atoms with van der Waals surface area (Å²) < 4.78 is 2.33. The van der Waals surface area contributed by atoms with E-state index in [4.69, 9.17) is 4.98 Å². The van der Waals surface area contributed by atoms with E-state index in [2.05, 4.69) is 58.2 Å². The van der Waals surface area contributed by atoms with Gasteiger partial charge < -0.3 is 4.98 Å². The summed E-state index contributed by atoms with van der Waals surface area (Å²) >= 11 is 0. The highest BCUT2D eigenvalue weighted by molar-refractivity contribution is 6.12. The number of rotatable bonds is 1. The molecule has 1 aliphatic rings. The Kier molecular flexibility index (Phi) is 2.83. The lowest BCUT2D eigenvalue weighted by Crippen LogP contribution is -2.04. The van der Waals surface area contributed by atoms with Gasteiger partial charge in [-0.1, -0.05) is 24.3 Å². The lowest BCUT2D eigenvalue weighted by Gasteiger charge is -2.14. The van der Waals surface area contributed by atoms with Crippen molar-refractivity contribution in [2.45, 2.75) is 25.7 Å². The zero-order chi connectivity index (χ0) is 17.1. The van der Waals surface area contributed by atoms with E-state index >= 15 is 0 Å². The number of aromatic amines is 1. The average molecular weight is 337 g/mol. The van der Waals surface area contributed by atoms with E-state index in [0.717, 1.165) is 12.1 Å². The summed E-state index contributed by atoms with van der Waals surface area (Å²) in [7, 11) is 0. The largest absolute Gasteiger partial charge is 0.347 e. The standard InChI is InChI=1S/C23H19N3/c1-2-7-16-13-21-20(12-15(16)6-1)19-10-5-11-24-23(19)26(21)22-18-9-4-3-8-17(18)14-25-22/h1-2,5-7,10-14,25H,3-4,8-9H2. The maximum atomic E-state index is 4.76. The topological polar surface area (TPSA) is 33.6 Å². The van der Waals surface area contributed by atoms with Gasteiger partial charge >= 0.3 is 0 Å². The molecule has 0 bridgehead atoms. The molecule has 3 heterocycles. The quantitative estimate of drug-likeness (QED) is 0.428. The second kappa shape index (κ2) is 5.21. The summed E-state index contributed by atoms with van der Waals surface area (Å²) in [5.74, 6) is 1.20. The summed E-state index contributed by atoms with van der Waals surface area (Å²) in [5.41, 5.74) is 5.20. The second-order valence-corrected chi connectivity index (χ2v) is 7.27. The van der Waals surface area contributed by atoms with Crippen molar-refractivity contribution >= 4 is 32.7 Å². The highest BCUT2D eigenvalue weighted by atomic mass is 15.1. The molecule has 0 fully saturated rings. The fraction of sp³-hybridized carbons (Fsp3) is 0.174. The van der Waals surface area contributed by atoms with Crippen molar-refractivity contribution in [3.63, 3.8) is 0 Å². The molecule has 1 N–H and O–H groups in total. The molecule has 0 atom stereocenters. The number of hydrogen-bond donors (Lipinski definition) is 1. The Morgan fingerprint density at radius 2 is 1.73 bits per heavy atom. The number of nitrogens with zero attached hydrogens (tertiary/aromatic N) is 2. The van der Waals surface area contributed by atoms with Gasteiger partial charge in [-0.05, 0) is 71.8 Å². The summed E-state index contributed by atoms with van der Waals surface area (Å²) in [4.78, 5) is 8.33. The predicted octanol–water partition coefficient (Wildman–Crippen LogP) is 5.54. The van der Waals surface area contributed by atoms with Crippen LogP contribution in [0.2, 0.25) is 0 Å². The summed E-state index contributed by atoms with van der Waals surface area (Å²) in [6.45, 7) is 0. The Morgan fingerprint density at radius 3 is 2.65 bits per heavy atom. The van der Waals surface area contributed by atoms with Crippen LogP contribution in [0.15, 0.2) is 60.9 Å². The highest BCUT2D eigenvalue weighted by Gasteiger charge is 2.21. The second-order valence-electron chi connectivity index (χ2n) is 7.27. The maximum absolute atomic E-state index is 4.76. The Labute approximate surface area is 151 Å². The first kappa shape index (κ1) is 14.1. The number of pyridine rings is 1. The Balaban J connectivity index is 1.79. The number of hydrogen-bond acceptors (Lipinski definition) is 1. The van der Waals surface area contributed by atoms with Crippen LogP contribution >= 0.6 is 0 Å². The molecule has 0 amide bonds. The summed E-state index contributed by atoms with van der Waals surface area (Å²) in [5, 5.41) is 5.03. The Morgan fingerprint density at radius 1 is 0.885 bits per heavy atom. The van der Waals surface area contributed by atoms with Crippen molar-refractivity contribution in [3.05, 3.63) is 72.1 Å². The van der Waals surface area contributed by atoms with E-state index in [0.29, 0.717) is 0 Å². The van der Waals surface area contributed by atoms with E-state index < -0.39 is 0 Å². The van der Waals surface area contributed by atoms with Gasteiger partial charge in [-0.15, -0.1) is 0 Å². The maximum Gasteiger partial charge on any atom is 0.146 e. The molecule has 3 heteroatoms. The number of fused-ring (bicyclic) bond motifs is 5. The molecular formula is C23H19N3. The van der Waals surface area contributed by atoms with Gasteiger partial charge in [0.25, 0.3) is 0 Å². The normalized spacial score (nSPS) is 14.3. The van der Waals surface area contributed by atoms with Crippen molar-refractivity contribution in [3.8, 4) is 5.82 Å². The number of H-pyrrole nitrogens is 1. The van der Waals surface area contributed by atoms with Crippen LogP contribution < -0.4 is 0 Å². The van der Waals surface area contributed by atoms with Crippen LogP contribution in [0.4, 0.5) is 0 Å². The Bertz CT molecular complexity index is 1290. The van der Waals surface area contributed by atoms with Crippen molar-refractivity contribution in [2.24, 2.45) is 0 Å². The molecule has 26 heavy (non-hydrogen) atoms. The van der Waals surface area contributed by atoms with Gasteiger partial charge in [-0.25, -0.2) is 4.98 Å². The monoisotopic (exact) mass is 337 g/mol. The van der Waals surface area contributed by atoms with Gasteiger partial charge in [0.15, 0.2) is 0 Å². The Hall–Kier alpha value is -3.07. The molecule has 0 spiro atoms. The smallest absolute Gasteiger partial charge is 0.146 e. The molecule has 1 aliphatic carbocycles. The number of benzene rings is 2. The number of nitrogens with one attached hydrogen (secondary N) is 1. The zero-order valence-electron chi connectivity index (χ0n) is 14.5. The van der Waals surface area contributed by atoms with Crippen LogP contribution in [-0.2, 0) is 12.8 Å². The predicted molar refractivity (Wildman–Crippen MR) is 107 cm³/mol. The van der Waals surface area contributed by atoms with Gasteiger partial charge in [0, 0.05) is 23.2 Å². The molecule has 3 nitrogen and oxygen atoms in total. The molecule has 0 aliphatic heterocycles. The van der Waals surface area contributed by atoms with E-state index in [1.54, 1.807) is 0 Å². The third kappa shape index (κ3) is 1.86. The van der Waals surface area contributed by atoms with Crippen LogP contribution in [0.25, 0.3) is 38.5 Å². The first-order chi connectivity index (χ1) is 12.9. The molecule has 6 rings (SSSR count). The molecule has 5 aromatic rings. The SMILES string of the molecule is c1ccc2cc3c(cc2c1)c1cccnc1n3-c1[nH]cc2c1CCCC2. The number of aromatic nitrogens is 3. The summed E-state index contributed by atoms with van der Waals surface area (Å²) in [6, 6.07) is 17.4. The van der Waals surface area contributed by atoms with E-state index in [1.807, 2.05) is 12.3 Å². The number of aryl methyl sites for hydroxylation is 1. The van der Waals surface area contributed by atoms with Crippen LogP contribution in [0.3, 0.4) is 0 Å². The molecule has 0 saturated heterocycles. The van der Waals surface area contributed by atoms with Gasteiger partial charge in [0.1, 0.15) is 11.5 Å². The van der Waals surface area contributed by atoms with Crippen LogP contribution in [0.1, 0.15) is 24.0 Å². The molecule has 126 valence electrons. The molecule has 0 saturated carbocycles. The third-order valence-electron chi connectivity index (χ3n) is 5.80. The minimum atomic E-state index is 1.04. The van der Waals surface area contributed by atoms with Crippen molar-refractivity contribution in [2.75, 3.05) is 0 Å². The van der Waals surface area contributed by atoms with Crippen molar-refractivity contribution in [1.29, 1.82) is 0 Å². The van der Waals surface area contributed by atoms with E-state index in [1.165, 1.54) is 63.3 Å². The average Bonchev–Trinajstić information content (AvgIpc) is 3.25. The van der Waals surface area contributed by atoms with Crippen LogP contribution in [0.5, 0.6) is 0 Å². The van der Waals surface area contributed by atoms with E-state index in [-0.39, 0.29) is 0 Å². The lowest BCUT2D eigenvalue weighted by atomic mass is 9.95. The van der Waals surface area contributed by atoms with Crippen LogP contribution in [0, 0.1) is 0 Å². The zero-order valence-corrected chi connectivity index (χ0v) is 14.5. The fourth-order valence-electron chi connectivity index (χ4n) is 4.56. The van der Waals surface area contributed by atoms with E-state index in [9.17, 15) is 0 Å². The lowest BCUT2D eigenvalue weighted by molar-refractivity contribution is 0.688. The first-order valence-electron chi connectivity index (χ1n) is 9.37. The molecule has 0 unspecified atom stereocenters. The van der Waals surface area contributed by atoms with Gasteiger partial charge in [-0.3, -0.25) is 4.57 Å². The van der Waals surface area contributed by atoms with Crippen molar-refractivity contribution < 1.29 is 0 Å². The van der Waals surface area contributed by atoms with Crippen LogP contribution in [-0.4, -0.2) is 14.5 Å². The fourth-order valence-corrected chi connectivity index (χ4v) is 4.56. The van der Waals surface area contributed by atoms with Gasteiger partial charge in [-0.2, -0.15) is 0 Å². The minimum absolute atomic E-state index is 1.04. The van der Waals surface area contributed by atoms with Crippen molar-refractivity contribution in [1.82, 2.24) is 14.5 Å². The van der Waals surface area contributed by atoms with Gasteiger partial charge in [0.2, 0.25) is 0 Å².